The van der Waals surface area contributed by atoms with E-state index in [-0.39, 0.29) is 6.04 Å². The third-order valence-electron chi connectivity index (χ3n) is 3.14. The molecule has 0 aliphatic rings. The molecule has 0 saturated heterocycles. The van der Waals surface area contributed by atoms with Crippen molar-refractivity contribution in [2.45, 2.75) is 13.0 Å². The highest BCUT2D eigenvalue weighted by molar-refractivity contribution is 7.17. The number of rotatable bonds is 2. The van der Waals surface area contributed by atoms with Crippen LogP contribution in [0.2, 0.25) is 0 Å². The quantitative estimate of drug-likeness (QED) is 0.758. The van der Waals surface area contributed by atoms with Crippen molar-refractivity contribution in [3.8, 4) is 0 Å². The van der Waals surface area contributed by atoms with Crippen molar-refractivity contribution >= 4 is 21.4 Å². The summed E-state index contributed by atoms with van der Waals surface area (Å²) in [6.45, 7) is 1.98. The van der Waals surface area contributed by atoms with E-state index in [1.807, 2.05) is 19.2 Å². The fourth-order valence-electron chi connectivity index (χ4n) is 2.10. The number of aryl methyl sites for hydroxylation is 1. The molecule has 3 heteroatoms. The molecule has 0 fully saturated rings. The van der Waals surface area contributed by atoms with Crippen LogP contribution in [0.5, 0.6) is 0 Å². The van der Waals surface area contributed by atoms with Crippen LogP contribution in [0.4, 0.5) is 0 Å². The molecule has 18 heavy (non-hydrogen) atoms. The molecule has 0 radical (unpaired) electrons. The summed E-state index contributed by atoms with van der Waals surface area (Å²) >= 11 is 1.74. The zero-order valence-electron chi connectivity index (χ0n) is 10.1. The number of aromatic nitrogens is 1. The van der Waals surface area contributed by atoms with Crippen molar-refractivity contribution in [2.75, 3.05) is 0 Å². The van der Waals surface area contributed by atoms with E-state index in [4.69, 9.17) is 5.73 Å². The highest BCUT2D eigenvalue weighted by Gasteiger charge is 2.12. The Labute approximate surface area is 110 Å². The smallest absolute Gasteiger partial charge is 0.0581 e. The molecule has 0 amide bonds. The Balaban J connectivity index is 2.08. The molecule has 0 spiro atoms. The molecule has 2 heterocycles. The van der Waals surface area contributed by atoms with Crippen molar-refractivity contribution < 1.29 is 0 Å². The van der Waals surface area contributed by atoms with Gasteiger partial charge < -0.3 is 5.73 Å². The molecule has 2 nitrogen and oxygen atoms in total. The summed E-state index contributed by atoms with van der Waals surface area (Å²) in [4.78, 5) is 4.32. The van der Waals surface area contributed by atoms with Crippen LogP contribution in [0.3, 0.4) is 0 Å². The molecule has 0 bridgehead atoms. The molecule has 90 valence electrons. The number of hydrogen-bond donors (Lipinski definition) is 1. The third kappa shape index (κ3) is 1.92. The second kappa shape index (κ2) is 4.52. The second-order valence-electron chi connectivity index (χ2n) is 4.40. The minimum Gasteiger partial charge on any atom is -0.320 e. The van der Waals surface area contributed by atoms with E-state index in [2.05, 4.69) is 40.7 Å². The Morgan fingerprint density at radius 3 is 2.83 bits per heavy atom. The average molecular weight is 254 g/mol. The number of fused-ring (bicyclic) bond motifs is 1. The van der Waals surface area contributed by atoms with E-state index in [1.54, 1.807) is 11.3 Å². The largest absolute Gasteiger partial charge is 0.320 e. The van der Waals surface area contributed by atoms with Crippen LogP contribution in [-0.4, -0.2) is 4.98 Å². The monoisotopic (exact) mass is 254 g/mol. The van der Waals surface area contributed by atoms with Gasteiger partial charge in [-0.2, -0.15) is 0 Å². The maximum Gasteiger partial charge on any atom is 0.0581 e. The van der Waals surface area contributed by atoms with Crippen LogP contribution >= 0.6 is 11.3 Å². The predicted molar refractivity (Wildman–Crippen MR) is 76.8 cm³/mol. The number of nitrogens with two attached hydrogens (primary N) is 1. The van der Waals surface area contributed by atoms with Crippen LogP contribution in [0.25, 0.3) is 10.1 Å². The molecule has 2 aromatic heterocycles. The lowest BCUT2D eigenvalue weighted by atomic mass is 10.00. The maximum absolute atomic E-state index is 6.36. The van der Waals surface area contributed by atoms with Crippen molar-refractivity contribution in [3.63, 3.8) is 0 Å². The lowest BCUT2D eigenvalue weighted by Crippen LogP contribution is -2.12. The highest BCUT2D eigenvalue weighted by atomic mass is 32.1. The first-order chi connectivity index (χ1) is 8.75. The third-order valence-corrected chi connectivity index (χ3v) is 4.12. The van der Waals surface area contributed by atoms with Gasteiger partial charge in [-0.05, 0) is 40.9 Å². The molecule has 3 aromatic rings. The summed E-state index contributed by atoms with van der Waals surface area (Å²) in [6, 6.07) is 12.4. The van der Waals surface area contributed by atoms with E-state index < -0.39 is 0 Å². The fraction of sp³-hybridized carbons (Fsp3) is 0.133. The zero-order chi connectivity index (χ0) is 12.5. The van der Waals surface area contributed by atoms with Crippen LogP contribution in [0, 0.1) is 6.92 Å². The van der Waals surface area contributed by atoms with Gasteiger partial charge in [0.15, 0.2) is 0 Å². The molecular weight excluding hydrogens is 240 g/mol. The maximum atomic E-state index is 6.36. The van der Waals surface area contributed by atoms with Gasteiger partial charge in [0, 0.05) is 16.6 Å². The molecule has 3 rings (SSSR count). The Morgan fingerprint density at radius 2 is 2.06 bits per heavy atom. The molecule has 0 saturated carbocycles. The number of hydrogen-bond acceptors (Lipinski definition) is 3. The van der Waals surface area contributed by atoms with Crippen molar-refractivity contribution in [3.05, 3.63) is 64.8 Å². The lowest BCUT2D eigenvalue weighted by molar-refractivity contribution is 0.870. The molecule has 0 aliphatic carbocycles. The van der Waals surface area contributed by atoms with Gasteiger partial charge in [0.05, 0.1) is 6.04 Å². The topological polar surface area (TPSA) is 38.9 Å². The predicted octanol–water partition coefficient (Wildman–Crippen LogP) is 3.65. The molecule has 2 N–H and O–H groups in total. The van der Waals surface area contributed by atoms with Gasteiger partial charge in [0.1, 0.15) is 0 Å². The second-order valence-corrected chi connectivity index (χ2v) is 5.31. The molecule has 1 aromatic carbocycles. The van der Waals surface area contributed by atoms with Gasteiger partial charge in [-0.3, -0.25) is 4.98 Å². The highest BCUT2D eigenvalue weighted by Crippen LogP contribution is 2.30. The standard InChI is InChI=1S/C15H14N2S/c1-10-5-6-12(9-17-10)14(16)13-4-2-3-11-7-8-18-15(11)13/h2-9,14H,16H2,1H3. The van der Waals surface area contributed by atoms with E-state index >= 15 is 0 Å². The van der Waals surface area contributed by atoms with Gasteiger partial charge in [-0.1, -0.05) is 24.3 Å². The van der Waals surface area contributed by atoms with Gasteiger partial charge in [-0.15, -0.1) is 11.3 Å². The normalized spacial score (nSPS) is 12.8. The van der Waals surface area contributed by atoms with Gasteiger partial charge >= 0.3 is 0 Å². The van der Waals surface area contributed by atoms with E-state index in [1.165, 1.54) is 15.6 Å². The summed E-state index contributed by atoms with van der Waals surface area (Å²) in [5, 5.41) is 3.36. The van der Waals surface area contributed by atoms with Gasteiger partial charge in [0.2, 0.25) is 0 Å². The lowest BCUT2D eigenvalue weighted by Gasteiger charge is -2.13. The SMILES string of the molecule is Cc1ccc(C(N)c2cccc3ccsc23)cn1. The number of pyridine rings is 1. The number of benzene rings is 1. The summed E-state index contributed by atoms with van der Waals surface area (Å²) in [7, 11) is 0. The minimum absolute atomic E-state index is 0.111. The Kier molecular flexibility index (Phi) is 2.86. The Hall–Kier alpha value is -1.71. The minimum atomic E-state index is -0.111. The van der Waals surface area contributed by atoms with Gasteiger partial charge in [-0.25, -0.2) is 0 Å². The van der Waals surface area contributed by atoms with E-state index in [0.717, 1.165) is 11.3 Å². The molecule has 0 aliphatic heterocycles. The number of nitrogens with zero attached hydrogens (tertiary/aromatic N) is 1. The zero-order valence-corrected chi connectivity index (χ0v) is 10.9. The summed E-state index contributed by atoms with van der Waals surface area (Å²) in [5.41, 5.74) is 9.60. The molecular formula is C15H14N2S. The van der Waals surface area contributed by atoms with Crippen molar-refractivity contribution in [2.24, 2.45) is 5.73 Å². The molecule has 1 unspecified atom stereocenters. The van der Waals surface area contributed by atoms with E-state index in [0.29, 0.717) is 0 Å². The van der Waals surface area contributed by atoms with Crippen LogP contribution in [0.15, 0.2) is 48.0 Å². The number of thiophene rings is 1. The first kappa shape index (κ1) is 11.4. The van der Waals surface area contributed by atoms with Crippen molar-refractivity contribution in [1.29, 1.82) is 0 Å². The first-order valence-corrected chi connectivity index (χ1v) is 6.78. The van der Waals surface area contributed by atoms with E-state index in [9.17, 15) is 0 Å². The Morgan fingerprint density at radius 1 is 1.17 bits per heavy atom. The first-order valence-electron chi connectivity index (χ1n) is 5.90. The van der Waals surface area contributed by atoms with Crippen LogP contribution < -0.4 is 5.73 Å². The van der Waals surface area contributed by atoms with Crippen molar-refractivity contribution in [1.82, 2.24) is 4.98 Å². The molecule has 1 atom stereocenters. The summed E-state index contributed by atoms with van der Waals surface area (Å²) in [5.74, 6) is 0. The fourth-order valence-corrected chi connectivity index (χ4v) is 3.06. The summed E-state index contributed by atoms with van der Waals surface area (Å²) < 4.78 is 1.27. The average Bonchev–Trinajstić information content (AvgIpc) is 2.87. The Bertz CT molecular complexity index is 670. The van der Waals surface area contributed by atoms with Crippen LogP contribution in [-0.2, 0) is 0 Å². The van der Waals surface area contributed by atoms with Gasteiger partial charge in [0.25, 0.3) is 0 Å². The van der Waals surface area contributed by atoms with Crippen LogP contribution in [0.1, 0.15) is 22.9 Å². The summed E-state index contributed by atoms with van der Waals surface area (Å²) in [6.07, 6.45) is 1.87.